The number of hydrogen-bond donors (Lipinski definition) is 1. The van der Waals surface area contributed by atoms with E-state index in [1.54, 1.807) is 17.0 Å². The van der Waals surface area contributed by atoms with Crippen LogP contribution in [0, 0.1) is 11.7 Å². The summed E-state index contributed by atoms with van der Waals surface area (Å²) in [5.41, 5.74) is -0.383. The molecule has 1 N–H and O–H groups in total. The second-order valence-electron chi connectivity index (χ2n) is 7.31. The molecule has 1 aromatic rings. The molecule has 2 saturated heterocycles. The van der Waals surface area contributed by atoms with Crippen LogP contribution in [0.3, 0.4) is 0 Å². The van der Waals surface area contributed by atoms with Gasteiger partial charge in [-0.3, -0.25) is 9.59 Å². The van der Waals surface area contributed by atoms with Crippen molar-refractivity contribution >= 4 is 11.8 Å². The van der Waals surface area contributed by atoms with E-state index in [0.717, 1.165) is 24.8 Å². The lowest BCUT2D eigenvalue weighted by Crippen LogP contribution is -2.53. The van der Waals surface area contributed by atoms with Crippen LogP contribution < -0.4 is 0 Å². The van der Waals surface area contributed by atoms with Crippen LogP contribution in [0.15, 0.2) is 36.9 Å². The largest absolute Gasteiger partial charge is 0.378 e. The monoisotopic (exact) mass is 360 g/mol. The van der Waals surface area contributed by atoms with E-state index in [1.807, 2.05) is 0 Å². The molecule has 1 atom stereocenters. The molecular formula is C20H25FN2O3. The van der Waals surface area contributed by atoms with E-state index < -0.39 is 5.60 Å². The number of hydrogen-bond acceptors (Lipinski definition) is 3. The predicted molar refractivity (Wildman–Crippen MR) is 95.8 cm³/mol. The SMILES string of the molecule is C=CC(=O)N1CCC(O)(C(=O)N2CCC(Cc3ccc(F)cc3)CC2)C1. The highest BCUT2D eigenvalue weighted by molar-refractivity contribution is 5.90. The van der Waals surface area contributed by atoms with Gasteiger partial charge in [-0.15, -0.1) is 0 Å². The molecule has 0 spiro atoms. The van der Waals surface area contributed by atoms with Gasteiger partial charge in [0.25, 0.3) is 5.91 Å². The van der Waals surface area contributed by atoms with E-state index in [9.17, 15) is 19.1 Å². The van der Waals surface area contributed by atoms with Gasteiger partial charge in [0.2, 0.25) is 5.91 Å². The molecule has 2 fully saturated rings. The maximum atomic E-state index is 13.0. The Hall–Kier alpha value is -2.21. The molecular weight excluding hydrogens is 335 g/mol. The average Bonchev–Trinajstić information content (AvgIpc) is 3.06. The molecule has 0 radical (unpaired) electrons. The Morgan fingerprint density at radius 2 is 1.85 bits per heavy atom. The van der Waals surface area contributed by atoms with E-state index in [1.165, 1.54) is 23.1 Å². The maximum Gasteiger partial charge on any atom is 0.256 e. The van der Waals surface area contributed by atoms with Crippen LogP contribution in [-0.2, 0) is 16.0 Å². The number of aliphatic hydroxyl groups is 1. The molecule has 1 aromatic carbocycles. The maximum absolute atomic E-state index is 13.0. The summed E-state index contributed by atoms with van der Waals surface area (Å²) in [5, 5.41) is 10.7. The molecule has 2 amide bonds. The zero-order valence-corrected chi connectivity index (χ0v) is 14.9. The number of likely N-dealkylation sites (tertiary alicyclic amines) is 2. The van der Waals surface area contributed by atoms with E-state index in [4.69, 9.17) is 0 Å². The zero-order valence-electron chi connectivity index (χ0n) is 14.9. The van der Waals surface area contributed by atoms with Gasteiger partial charge in [-0.25, -0.2) is 4.39 Å². The zero-order chi connectivity index (χ0) is 18.7. The van der Waals surface area contributed by atoms with Crippen molar-refractivity contribution in [2.24, 2.45) is 5.92 Å². The molecule has 2 heterocycles. The number of nitrogens with zero attached hydrogens (tertiary/aromatic N) is 2. The van der Waals surface area contributed by atoms with Gasteiger partial charge >= 0.3 is 0 Å². The van der Waals surface area contributed by atoms with Gasteiger partial charge in [-0.2, -0.15) is 0 Å². The third-order valence-corrected chi connectivity index (χ3v) is 5.47. The Labute approximate surface area is 153 Å². The highest BCUT2D eigenvalue weighted by atomic mass is 19.1. The van der Waals surface area contributed by atoms with Crippen molar-refractivity contribution in [2.45, 2.75) is 31.3 Å². The minimum Gasteiger partial charge on any atom is -0.378 e. The van der Waals surface area contributed by atoms with Crippen molar-refractivity contribution < 1.29 is 19.1 Å². The lowest BCUT2D eigenvalue weighted by molar-refractivity contribution is -0.151. The van der Waals surface area contributed by atoms with Crippen molar-refractivity contribution in [3.63, 3.8) is 0 Å². The summed E-state index contributed by atoms with van der Waals surface area (Å²) in [6.45, 7) is 5.05. The molecule has 140 valence electrons. The van der Waals surface area contributed by atoms with Crippen LogP contribution >= 0.6 is 0 Å². The number of amides is 2. The Balaban J connectivity index is 1.53. The number of halogens is 1. The standard InChI is InChI=1S/C20H25FN2O3/c1-2-18(24)23-12-9-20(26,14-23)19(25)22-10-7-16(8-11-22)13-15-3-5-17(21)6-4-15/h2-6,16,26H,1,7-14H2. The van der Waals surface area contributed by atoms with Crippen LogP contribution in [0.2, 0.25) is 0 Å². The Bertz CT molecular complexity index is 683. The number of benzene rings is 1. The van der Waals surface area contributed by atoms with Gasteiger partial charge in [-0.1, -0.05) is 18.7 Å². The smallest absolute Gasteiger partial charge is 0.256 e. The molecule has 0 saturated carbocycles. The van der Waals surface area contributed by atoms with Crippen molar-refractivity contribution in [1.82, 2.24) is 9.80 Å². The number of β-amino-alcohol motifs (C(OH)–C–C–N with tert-alkyl or cyclic N) is 1. The number of carbonyl (C=O) groups is 2. The van der Waals surface area contributed by atoms with Crippen LogP contribution in [-0.4, -0.2) is 58.5 Å². The fraction of sp³-hybridized carbons (Fsp3) is 0.500. The quantitative estimate of drug-likeness (QED) is 0.833. The molecule has 6 heteroatoms. The van der Waals surface area contributed by atoms with Crippen LogP contribution in [0.1, 0.15) is 24.8 Å². The lowest BCUT2D eigenvalue weighted by atomic mass is 9.89. The summed E-state index contributed by atoms with van der Waals surface area (Å²) in [6.07, 6.45) is 4.05. The molecule has 0 aromatic heterocycles. The Morgan fingerprint density at radius 1 is 1.19 bits per heavy atom. The number of carbonyl (C=O) groups excluding carboxylic acids is 2. The van der Waals surface area contributed by atoms with Gasteiger partial charge in [0.15, 0.2) is 5.60 Å². The third-order valence-electron chi connectivity index (χ3n) is 5.47. The summed E-state index contributed by atoms with van der Waals surface area (Å²) in [6, 6.07) is 6.55. The second-order valence-corrected chi connectivity index (χ2v) is 7.31. The summed E-state index contributed by atoms with van der Waals surface area (Å²) in [4.78, 5) is 27.6. The van der Waals surface area contributed by atoms with Gasteiger partial charge in [0, 0.05) is 26.1 Å². The van der Waals surface area contributed by atoms with E-state index in [2.05, 4.69) is 6.58 Å². The minimum absolute atomic E-state index is 0.0339. The normalized spacial score (nSPS) is 23.9. The first kappa shape index (κ1) is 18.6. The predicted octanol–water partition coefficient (Wildman–Crippen LogP) is 1.76. The van der Waals surface area contributed by atoms with Gasteiger partial charge in [0.05, 0.1) is 6.54 Å². The topological polar surface area (TPSA) is 60.9 Å². The lowest BCUT2D eigenvalue weighted by Gasteiger charge is -2.36. The first-order valence-corrected chi connectivity index (χ1v) is 9.09. The van der Waals surface area contributed by atoms with Crippen molar-refractivity contribution in [3.05, 3.63) is 48.3 Å². The molecule has 0 aliphatic carbocycles. The molecule has 2 aliphatic rings. The molecule has 2 aliphatic heterocycles. The van der Waals surface area contributed by atoms with Crippen molar-refractivity contribution in [3.8, 4) is 0 Å². The van der Waals surface area contributed by atoms with Crippen molar-refractivity contribution in [1.29, 1.82) is 0 Å². The van der Waals surface area contributed by atoms with Crippen LogP contribution in [0.5, 0.6) is 0 Å². The van der Waals surface area contributed by atoms with Crippen LogP contribution in [0.25, 0.3) is 0 Å². The molecule has 26 heavy (non-hydrogen) atoms. The van der Waals surface area contributed by atoms with E-state index >= 15 is 0 Å². The highest BCUT2D eigenvalue weighted by Gasteiger charge is 2.46. The molecule has 1 unspecified atom stereocenters. The van der Waals surface area contributed by atoms with Gasteiger partial charge in [-0.05, 0) is 49.0 Å². The van der Waals surface area contributed by atoms with Crippen molar-refractivity contribution in [2.75, 3.05) is 26.2 Å². The summed E-state index contributed by atoms with van der Waals surface area (Å²) >= 11 is 0. The summed E-state index contributed by atoms with van der Waals surface area (Å²) in [5.74, 6) is -0.326. The summed E-state index contributed by atoms with van der Waals surface area (Å²) < 4.78 is 13.0. The number of rotatable bonds is 4. The average molecular weight is 360 g/mol. The van der Waals surface area contributed by atoms with Gasteiger partial charge in [0.1, 0.15) is 5.82 Å². The third kappa shape index (κ3) is 3.96. The van der Waals surface area contributed by atoms with E-state index in [0.29, 0.717) is 25.6 Å². The Kier molecular flexibility index (Phi) is 5.41. The van der Waals surface area contributed by atoms with Crippen LogP contribution in [0.4, 0.5) is 4.39 Å². The molecule has 5 nitrogen and oxygen atoms in total. The molecule has 0 bridgehead atoms. The number of piperidine rings is 1. The van der Waals surface area contributed by atoms with Gasteiger partial charge < -0.3 is 14.9 Å². The van der Waals surface area contributed by atoms with E-state index in [-0.39, 0.29) is 30.6 Å². The first-order valence-electron chi connectivity index (χ1n) is 9.09. The fourth-order valence-corrected chi connectivity index (χ4v) is 3.87. The molecule has 3 rings (SSSR count). The highest BCUT2D eigenvalue weighted by Crippen LogP contribution is 2.28. The first-order chi connectivity index (χ1) is 12.4. The fourth-order valence-electron chi connectivity index (χ4n) is 3.87. The summed E-state index contributed by atoms with van der Waals surface area (Å²) in [7, 11) is 0. The second kappa shape index (κ2) is 7.58. The Morgan fingerprint density at radius 3 is 2.46 bits per heavy atom. The minimum atomic E-state index is -1.48.